The molecule has 10 heterocycles. The Bertz CT molecular complexity index is 1430. The summed E-state index contributed by atoms with van der Waals surface area (Å²) in [5.74, 6) is 1.91. The lowest BCUT2D eigenvalue weighted by atomic mass is 9.61. The molecule has 2 saturated carbocycles. The number of hydrogen-bond acceptors (Lipinski definition) is 11. The maximum Gasteiger partial charge on any atom is 0.0321 e. The van der Waals surface area contributed by atoms with E-state index in [2.05, 4.69) is 134 Å². The van der Waals surface area contributed by atoms with Gasteiger partial charge in [-0.05, 0) is 229 Å². The number of nitrogens with two attached hydrogens (primary N) is 1. The van der Waals surface area contributed by atoms with Gasteiger partial charge in [0.1, 0.15) is 0 Å². The van der Waals surface area contributed by atoms with E-state index >= 15 is 0 Å². The van der Waals surface area contributed by atoms with Crippen molar-refractivity contribution in [3.63, 3.8) is 0 Å². The Kier molecular flexibility index (Phi) is 20.0. The third-order valence-corrected chi connectivity index (χ3v) is 20.3. The fraction of sp³-hybridized carbons (Fsp3) is 1.00. The number of nitrogens with one attached hydrogen (secondary N) is 4. The lowest BCUT2D eigenvalue weighted by Crippen LogP contribution is -2.66. The topological polar surface area (TPSA) is 93.6 Å². The molecule has 69 heavy (non-hydrogen) atoms. The molecule has 12 fully saturated rings. The third kappa shape index (κ3) is 14.3. The normalized spacial score (nSPS) is 33.8. The molecule has 4 atom stereocenters. The van der Waals surface area contributed by atoms with Crippen molar-refractivity contribution in [1.29, 1.82) is 0 Å². The highest BCUT2D eigenvalue weighted by atomic mass is 15.3. The van der Waals surface area contributed by atoms with E-state index in [1.165, 1.54) is 208 Å². The Morgan fingerprint density at radius 2 is 0.913 bits per heavy atom. The fourth-order valence-corrected chi connectivity index (χ4v) is 15.5. The molecule has 0 radical (unpaired) electrons. The fourth-order valence-electron chi connectivity index (χ4n) is 15.5. The van der Waals surface area contributed by atoms with E-state index in [4.69, 9.17) is 5.73 Å². The summed E-state index contributed by atoms with van der Waals surface area (Å²) in [7, 11) is 0. The molecule has 0 aromatic heterocycles. The Morgan fingerprint density at radius 3 is 1.36 bits per heavy atom. The first kappa shape index (κ1) is 56.3. The third-order valence-electron chi connectivity index (χ3n) is 20.3. The number of fused-ring (bicyclic) bond motifs is 1. The zero-order chi connectivity index (χ0) is 49.6. The molecule has 11 nitrogen and oxygen atoms in total. The van der Waals surface area contributed by atoms with Gasteiger partial charge >= 0.3 is 0 Å². The van der Waals surface area contributed by atoms with Crippen LogP contribution in [0.5, 0.6) is 0 Å². The first-order valence-corrected chi connectivity index (χ1v) is 29.9. The molecular weight excluding hydrogens is 851 g/mol. The Hall–Kier alpha value is -0.440. The van der Waals surface area contributed by atoms with Gasteiger partial charge in [-0.1, -0.05) is 12.8 Å². The van der Waals surface area contributed by atoms with Crippen LogP contribution >= 0.6 is 0 Å². The zero-order valence-corrected chi connectivity index (χ0v) is 47.6. The predicted octanol–water partition coefficient (Wildman–Crippen LogP) is 7.16. The van der Waals surface area contributed by atoms with Crippen LogP contribution in [0, 0.1) is 28.1 Å². The second kappa shape index (κ2) is 24.5. The Labute approximate surface area is 427 Å². The first-order chi connectivity index (χ1) is 32.8. The first-order valence-electron chi connectivity index (χ1n) is 29.9. The van der Waals surface area contributed by atoms with Crippen molar-refractivity contribution in [2.45, 2.75) is 226 Å². The SMILES string of the molecule is CC(C)N1CC2(CC(N)C2)C1.CC(C)N1CC2(CCNC2)C1.CC(C)N1CC2CNCC2C1.CC(C)N1CCC2(CCCN2)C1.CC(C)N1CCC2(CCNC2)C1.CC(C)N1CCCC12CCCC2. The van der Waals surface area contributed by atoms with Gasteiger partial charge in [-0.2, -0.15) is 0 Å². The summed E-state index contributed by atoms with van der Waals surface area (Å²) in [5, 5.41) is 14.1. The van der Waals surface area contributed by atoms with E-state index < -0.39 is 0 Å². The standard InChI is InChI=1S/C11H21N.2C10H20N2.3C9H18N2/c1-10(2)12-9-5-8-11(12)6-3-4-7-11;1-9(2)12-6-4-10(8-12)3-5-11-7-10;1-9(2)12-7-5-10(8-12)4-3-6-11-10;1-7(2)11-5-8-3-10-4-9(8)6-11;1-7(2)11-5-9(6-11)3-8(10)4-9;1-8(2)11-6-9(7-11)3-4-10-5-9/h10H,3-9H2,1-2H3;2*9,11H,3-8H2,1-2H3;7-10H,3-6H2,1-2H3;7-8H,3-6,10H2,1-2H3;8,10H,3-7H2,1-2H3. The average Bonchev–Trinajstić information content (AvgIpc) is 4.13. The quantitative estimate of drug-likeness (QED) is 0.188. The smallest absolute Gasteiger partial charge is 0.0321 e. The van der Waals surface area contributed by atoms with Crippen molar-refractivity contribution in [1.82, 2.24) is 50.7 Å². The van der Waals surface area contributed by atoms with Gasteiger partial charge in [0, 0.05) is 131 Å². The van der Waals surface area contributed by atoms with E-state index in [-0.39, 0.29) is 0 Å². The summed E-state index contributed by atoms with van der Waals surface area (Å²) in [6.45, 7) is 50.9. The molecule has 5 spiro atoms. The lowest BCUT2D eigenvalue weighted by Gasteiger charge is -2.59. The molecule has 10 saturated heterocycles. The largest absolute Gasteiger partial charge is 0.328 e. The van der Waals surface area contributed by atoms with Crippen LogP contribution in [-0.4, -0.2) is 201 Å². The van der Waals surface area contributed by atoms with Crippen LogP contribution < -0.4 is 27.0 Å². The Morgan fingerprint density at radius 1 is 0.420 bits per heavy atom. The summed E-state index contributed by atoms with van der Waals surface area (Å²) < 4.78 is 0. The van der Waals surface area contributed by atoms with Gasteiger partial charge in [0.05, 0.1) is 0 Å². The molecule has 0 aromatic rings. The van der Waals surface area contributed by atoms with Crippen molar-refractivity contribution >= 4 is 0 Å². The second-order valence-electron chi connectivity index (χ2n) is 27.5. The van der Waals surface area contributed by atoms with E-state index in [1.807, 2.05) is 0 Å². The molecule has 10 aliphatic heterocycles. The summed E-state index contributed by atoms with van der Waals surface area (Å²) in [6, 6.07) is 4.99. The van der Waals surface area contributed by atoms with Crippen LogP contribution in [0.4, 0.5) is 0 Å². The molecular formula is C58H115N11. The second-order valence-corrected chi connectivity index (χ2v) is 27.5. The van der Waals surface area contributed by atoms with Gasteiger partial charge in [0.15, 0.2) is 0 Å². The lowest BCUT2D eigenvalue weighted by molar-refractivity contribution is -0.0857. The van der Waals surface area contributed by atoms with Gasteiger partial charge in [0.2, 0.25) is 0 Å². The minimum Gasteiger partial charge on any atom is -0.328 e. The van der Waals surface area contributed by atoms with Gasteiger partial charge in [-0.25, -0.2) is 0 Å². The minimum atomic E-state index is 0.518. The summed E-state index contributed by atoms with van der Waals surface area (Å²) in [5.41, 5.74) is 8.96. The molecule has 0 aromatic carbocycles. The molecule has 0 amide bonds. The van der Waals surface area contributed by atoms with Gasteiger partial charge in [0.25, 0.3) is 0 Å². The number of likely N-dealkylation sites (tertiary alicyclic amines) is 6. The number of nitrogens with zero attached hydrogens (tertiary/aromatic N) is 6. The van der Waals surface area contributed by atoms with E-state index in [0.717, 1.165) is 48.1 Å². The molecule has 4 unspecified atom stereocenters. The van der Waals surface area contributed by atoms with Crippen molar-refractivity contribution in [3.05, 3.63) is 0 Å². The van der Waals surface area contributed by atoms with Crippen LogP contribution in [-0.2, 0) is 0 Å². The van der Waals surface area contributed by atoms with E-state index in [9.17, 15) is 0 Å². The van der Waals surface area contributed by atoms with Crippen LogP contribution in [0.15, 0.2) is 0 Å². The van der Waals surface area contributed by atoms with Crippen molar-refractivity contribution in [3.8, 4) is 0 Å². The Balaban J connectivity index is 0.000000122. The minimum absolute atomic E-state index is 0.518. The number of rotatable bonds is 6. The highest BCUT2D eigenvalue weighted by Crippen LogP contribution is 2.48. The van der Waals surface area contributed by atoms with E-state index in [0.29, 0.717) is 33.4 Å². The maximum atomic E-state index is 5.77. The van der Waals surface area contributed by atoms with Crippen LogP contribution in [0.3, 0.4) is 0 Å². The monoisotopic (exact) mass is 966 g/mol. The van der Waals surface area contributed by atoms with Crippen LogP contribution in [0.2, 0.25) is 0 Å². The van der Waals surface area contributed by atoms with Crippen molar-refractivity contribution in [2.24, 2.45) is 33.8 Å². The molecule has 11 heteroatoms. The maximum absolute atomic E-state index is 5.77. The van der Waals surface area contributed by atoms with Crippen LogP contribution in [0.25, 0.3) is 0 Å². The highest BCUT2D eigenvalue weighted by molar-refractivity contribution is 5.07. The van der Waals surface area contributed by atoms with E-state index in [1.54, 1.807) is 0 Å². The molecule has 12 aliphatic rings. The summed E-state index contributed by atoms with van der Waals surface area (Å²) in [6.07, 6.45) is 19.7. The summed E-state index contributed by atoms with van der Waals surface area (Å²) >= 11 is 0. The average molecular weight is 967 g/mol. The molecule has 402 valence electrons. The molecule has 12 rings (SSSR count). The van der Waals surface area contributed by atoms with Crippen molar-refractivity contribution in [2.75, 3.05) is 118 Å². The van der Waals surface area contributed by atoms with Gasteiger partial charge in [-0.3, -0.25) is 19.6 Å². The predicted molar refractivity (Wildman–Crippen MR) is 294 cm³/mol. The zero-order valence-electron chi connectivity index (χ0n) is 47.6. The summed E-state index contributed by atoms with van der Waals surface area (Å²) in [4.78, 5) is 15.7. The molecule has 0 bridgehead atoms. The highest BCUT2D eigenvalue weighted by Gasteiger charge is 2.51. The van der Waals surface area contributed by atoms with Crippen molar-refractivity contribution < 1.29 is 0 Å². The molecule has 2 aliphatic carbocycles. The molecule has 6 N–H and O–H groups in total. The number of hydrogen-bond donors (Lipinski definition) is 5. The van der Waals surface area contributed by atoms with Gasteiger partial charge in [-0.15, -0.1) is 0 Å². The van der Waals surface area contributed by atoms with Gasteiger partial charge < -0.3 is 36.8 Å². The van der Waals surface area contributed by atoms with Crippen LogP contribution in [0.1, 0.15) is 173 Å².